The summed E-state index contributed by atoms with van der Waals surface area (Å²) in [5.74, 6) is 1.75. The Morgan fingerprint density at radius 3 is 3.12 bits per heavy atom. The van der Waals surface area contributed by atoms with E-state index in [1.807, 2.05) is 24.3 Å². The number of ether oxygens (including phenoxy) is 1. The third-order valence-electron chi connectivity index (χ3n) is 2.76. The van der Waals surface area contributed by atoms with Crippen LogP contribution in [0.15, 0.2) is 24.3 Å². The summed E-state index contributed by atoms with van der Waals surface area (Å²) in [6, 6.07) is 8.13. The first-order chi connectivity index (χ1) is 8.33. The Bertz CT molecular complexity index is 524. The molecule has 0 radical (unpaired) electrons. The maximum atomic E-state index is 5.58. The van der Waals surface area contributed by atoms with Gasteiger partial charge in [0.2, 0.25) is 11.9 Å². The minimum atomic E-state index is 0.162. The molecule has 0 spiro atoms. The van der Waals surface area contributed by atoms with Gasteiger partial charge in [-0.1, -0.05) is 18.2 Å². The Kier molecular flexibility index (Phi) is 2.32. The van der Waals surface area contributed by atoms with Gasteiger partial charge in [0.05, 0.1) is 12.6 Å². The first kappa shape index (κ1) is 9.95. The van der Waals surface area contributed by atoms with Crippen molar-refractivity contribution < 1.29 is 4.74 Å². The lowest BCUT2D eigenvalue weighted by Crippen LogP contribution is -2.20. The van der Waals surface area contributed by atoms with Crippen molar-refractivity contribution >= 4 is 11.9 Å². The molecule has 0 fully saturated rings. The van der Waals surface area contributed by atoms with Gasteiger partial charge in [0.1, 0.15) is 5.75 Å². The van der Waals surface area contributed by atoms with Crippen molar-refractivity contribution in [2.24, 2.45) is 0 Å². The lowest BCUT2D eigenvalue weighted by molar-refractivity contribution is 0.274. The molecule has 1 aliphatic rings. The Hall–Kier alpha value is -2.24. The van der Waals surface area contributed by atoms with E-state index in [1.54, 1.807) is 0 Å². The molecule has 2 aromatic rings. The van der Waals surface area contributed by atoms with Crippen LogP contribution in [0.25, 0.3) is 0 Å². The van der Waals surface area contributed by atoms with Gasteiger partial charge in [-0.05, 0) is 6.07 Å². The molecular formula is C11H13N5O. The van der Waals surface area contributed by atoms with Crippen LogP contribution in [-0.4, -0.2) is 21.8 Å². The van der Waals surface area contributed by atoms with Gasteiger partial charge in [0, 0.05) is 12.0 Å². The van der Waals surface area contributed by atoms with Gasteiger partial charge in [-0.2, -0.15) is 4.98 Å². The molecule has 6 nitrogen and oxygen atoms in total. The number of H-pyrrole nitrogens is 1. The molecule has 0 bridgehead atoms. The quantitative estimate of drug-likeness (QED) is 0.725. The summed E-state index contributed by atoms with van der Waals surface area (Å²) in [7, 11) is 0. The predicted molar refractivity (Wildman–Crippen MR) is 63.7 cm³/mol. The Morgan fingerprint density at radius 2 is 2.29 bits per heavy atom. The van der Waals surface area contributed by atoms with E-state index in [2.05, 4.69) is 20.5 Å². The van der Waals surface area contributed by atoms with E-state index in [4.69, 9.17) is 10.5 Å². The van der Waals surface area contributed by atoms with Crippen molar-refractivity contribution in [3.8, 4) is 5.75 Å². The van der Waals surface area contributed by atoms with E-state index in [0.29, 0.717) is 18.5 Å². The number of benzene rings is 1. The largest absolute Gasteiger partial charge is 0.493 e. The van der Waals surface area contributed by atoms with Crippen molar-refractivity contribution in [1.82, 2.24) is 15.2 Å². The third kappa shape index (κ3) is 1.89. The molecule has 1 aliphatic heterocycles. The molecule has 88 valence electrons. The van der Waals surface area contributed by atoms with Gasteiger partial charge >= 0.3 is 0 Å². The molecular weight excluding hydrogens is 218 g/mol. The van der Waals surface area contributed by atoms with Gasteiger partial charge in [-0.25, -0.2) is 5.10 Å². The van der Waals surface area contributed by atoms with E-state index in [1.165, 1.54) is 0 Å². The van der Waals surface area contributed by atoms with Crippen LogP contribution in [-0.2, 0) is 0 Å². The monoisotopic (exact) mass is 231 g/mol. The van der Waals surface area contributed by atoms with Crippen LogP contribution in [0.1, 0.15) is 18.0 Å². The summed E-state index contributed by atoms with van der Waals surface area (Å²) in [6.45, 7) is 0.689. The zero-order chi connectivity index (χ0) is 11.7. The summed E-state index contributed by atoms with van der Waals surface area (Å²) < 4.78 is 5.58. The number of aromatic nitrogens is 3. The highest BCUT2D eigenvalue weighted by Crippen LogP contribution is 2.33. The average molecular weight is 231 g/mol. The lowest BCUT2D eigenvalue weighted by Gasteiger charge is -2.26. The molecule has 0 amide bonds. The summed E-state index contributed by atoms with van der Waals surface area (Å²) >= 11 is 0. The van der Waals surface area contributed by atoms with E-state index >= 15 is 0 Å². The van der Waals surface area contributed by atoms with Gasteiger partial charge in [0.25, 0.3) is 0 Å². The van der Waals surface area contributed by atoms with Crippen molar-refractivity contribution in [1.29, 1.82) is 0 Å². The minimum Gasteiger partial charge on any atom is -0.493 e. The summed E-state index contributed by atoms with van der Waals surface area (Å²) in [5.41, 5.74) is 6.61. The van der Waals surface area contributed by atoms with Crippen molar-refractivity contribution in [2.75, 3.05) is 17.7 Å². The maximum absolute atomic E-state index is 5.58. The smallest absolute Gasteiger partial charge is 0.244 e. The van der Waals surface area contributed by atoms with E-state index in [0.717, 1.165) is 17.7 Å². The van der Waals surface area contributed by atoms with Gasteiger partial charge in [-0.15, -0.1) is 5.10 Å². The number of nitrogens with two attached hydrogens (primary N) is 1. The fourth-order valence-corrected chi connectivity index (χ4v) is 1.99. The number of nitrogens with zero attached hydrogens (tertiary/aromatic N) is 2. The van der Waals surface area contributed by atoms with Crippen LogP contribution in [0.2, 0.25) is 0 Å². The number of rotatable bonds is 2. The molecule has 1 unspecified atom stereocenters. The molecule has 1 atom stereocenters. The van der Waals surface area contributed by atoms with Crippen LogP contribution in [0.4, 0.5) is 11.9 Å². The van der Waals surface area contributed by atoms with Gasteiger partial charge < -0.3 is 15.8 Å². The highest BCUT2D eigenvalue weighted by Gasteiger charge is 2.21. The van der Waals surface area contributed by atoms with Crippen LogP contribution < -0.4 is 15.8 Å². The average Bonchev–Trinajstić information content (AvgIpc) is 2.75. The van der Waals surface area contributed by atoms with E-state index in [-0.39, 0.29) is 6.04 Å². The summed E-state index contributed by atoms with van der Waals surface area (Å²) in [5, 5.41) is 9.82. The second kappa shape index (κ2) is 3.97. The minimum absolute atomic E-state index is 0.162. The Morgan fingerprint density at radius 1 is 1.41 bits per heavy atom. The van der Waals surface area contributed by atoms with Gasteiger partial charge in [-0.3, -0.25) is 0 Å². The lowest BCUT2D eigenvalue weighted by atomic mass is 10.0. The van der Waals surface area contributed by atoms with E-state index < -0.39 is 0 Å². The second-order valence-electron chi connectivity index (χ2n) is 3.92. The number of hydrogen-bond donors (Lipinski definition) is 3. The number of anilines is 2. The highest BCUT2D eigenvalue weighted by atomic mass is 16.5. The van der Waals surface area contributed by atoms with Crippen LogP contribution >= 0.6 is 0 Å². The number of hydrogen-bond acceptors (Lipinski definition) is 5. The summed E-state index contributed by atoms with van der Waals surface area (Å²) in [4.78, 5) is 4.04. The number of nitrogen functional groups attached to an aromatic ring is 1. The predicted octanol–water partition coefficient (Wildman–Crippen LogP) is 1.32. The summed E-state index contributed by atoms with van der Waals surface area (Å²) in [6.07, 6.45) is 0.880. The SMILES string of the molecule is Nc1nc(NC2CCOc3ccccc32)n[nH]1. The normalized spacial score (nSPS) is 18.2. The molecule has 0 saturated carbocycles. The first-order valence-electron chi connectivity index (χ1n) is 5.49. The van der Waals surface area contributed by atoms with Crippen LogP contribution in [0, 0.1) is 0 Å². The molecule has 3 rings (SSSR count). The number of nitrogens with one attached hydrogen (secondary N) is 2. The van der Waals surface area contributed by atoms with E-state index in [9.17, 15) is 0 Å². The fraction of sp³-hybridized carbons (Fsp3) is 0.273. The van der Waals surface area contributed by atoms with Crippen molar-refractivity contribution in [3.05, 3.63) is 29.8 Å². The molecule has 6 heteroatoms. The highest BCUT2D eigenvalue weighted by molar-refractivity contribution is 5.42. The molecule has 0 aliphatic carbocycles. The third-order valence-corrected chi connectivity index (χ3v) is 2.76. The second-order valence-corrected chi connectivity index (χ2v) is 3.92. The number of para-hydroxylation sites is 1. The van der Waals surface area contributed by atoms with Crippen LogP contribution in [0.5, 0.6) is 5.75 Å². The molecule has 1 aromatic heterocycles. The topological polar surface area (TPSA) is 88.8 Å². The van der Waals surface area contributed by atoms with Crippen molar-refractivity contribution in [3.63, 3.8) is 0 Å². The Balaban J connectivity index is 1.85. The fourth-order valence-electron chi connectivity index (χ4n) is 1.99. The standard InChI is InChI=1S/C11H13N5O/c12-10-14-11(16-15-10)13-8-5-6-17-9-4-2-1-3-7(8)9/h1-4,8H,5-6H2,(H4,12,13,14,15,16). The maximum Gasteiger partial charge on any atom is 0.244 e. The molecule has 4 N–H and O–H groups in total. The number of fused-ring (bicyclic) bond motifs is 1. The Labute approximate surface area is 98.2 Å². The zero-order valence-electron chi connectivity index (χ0n) is 9.18. The molecule has 0 saturated heterocycles. The molecule has 17 heavy (non-hydrogen) atoms. The van der Waals surface area contributed by atoms with Crippen LogP contribution in [0.3, 0.4) is 0 Å². The first-order valence-corrected chi connectivity index (χ1v) is 5.49. The zero-order valence-corrected chi connectivity index (χ0v) is 9.18. The van der Waals surface area contributed by atoms with Gasteiger partial charge in [0.15, 0.2) is 0 Å². The molecule has 2 heterocycles. The van der Waals surface area contributed by atoms with Crippen molar-refractivity contribution in [2.45, 2.75) is 12.5 Å². The molecule has 1 aromatic carbocycles. The number of aromatic amines is 1.